The normalized spacial score (nSPS) is 13.5. The minimum absolute atomic E-state index is 0.546. The van der Waals surface area contributed by atoms with Gasteiger partial charge in [0.15, 0.2) is 0 Å². The molecule has 98 valence electrons. The van der Waals surface area contributed by atoms with Crippen LogP contribution in [0.5, 0.6) is 0 Å². The molecular weight excluding hydrogens is 295 g/mol. The zero-order chi connectivity index (χ0) is 13.6. The molecule has 0 radical (unpaired) electrons. The average molecular weight is 302 g/mol. The minimum atomic E-state index is -4.33. The minimum Gasteiger partial charge on any atom is -0.354 e. The summed E-state index contributed by atoms with van der Waals surface area (Å²) in [6.45, 7) is 0. The van der Waals surface area contributed by atoms with Gasteiger partial charge in [-0.3, -0.25) is 0 Å². The van der Waals surface area contributed by atoms with Crippen LogP contribution >= 0.6 is 23.4 Å². The van der Waals surface area contributed by atoms with E-state index in [1.54, 1.807) is 12.1 Å². The van der Waals surface area contributed by atoms with E-state index in [0.717, 1.165) is 22.7 Å². The van der Waals surface area contributed by atoms with E-state index in [1.165, 1.54) is 17.8 Å². The van der Waals surface area contributed by atoms with Gasteiger partial charge in [-0.15, -0.1) is 0 Å². The quantitative estimate of drug-likeness (QED) is 0.583. The van der Waals surface area contributed by atoms with Gasteiger partial charge in [0.2, 0.25) is 0 Å². The first-order valence-electron chi connectivity index (χ1n) is 5.39. The van der Waals surface area contributed by atoms with E-state index >= 15 is 0 Å². The van der Waals surface area contributed by atoms with Gasteiger partial charge in [0.05, 0.1) is 16.9 Å². The summed E-state index contributed by atoms with van der Waals surface area (Å²) in [5, 5.41) is 3.66. The van der Waals surface area contributed by atoms with Crippen LogP contribution in [0.4, 0.5) is 24.5 Å². The van der Waals surface area contributed by atoms with Gasteiger partial charge in [-0.1, -0.05) is 23.4 Å². The standard InChI is InChI=1S/C13H7ClF3NS/c14-8-2-4-10-12(6-8)19-11-5-7(13(15,16)17)1-3-9(11)18-10/h1-6,18H. The van der Waals surface area contributed by atoms with E-state index in [0.29, 0.717) is 15.6 Å². The lowest BCUT2D eigenvalue weighted by atomic mass is 10.2. The van der Waals surface area contributed by atoms with Crippen LogP contribution in [0.3, 0.4) is 0 Å². The highest BCUT2D eigenvalue weighted by molar-refractivity contribution is 7.99. The monoisotopic (exact) mass is 301 g/mol. The number of benzene rings is 2. The Bertz CT molecular complexity index is 655. The van der Waals surface area contributed by atoms with Crippen molar-refractivity contribution in [3.05, 3.63) is 47.0 Å². The van der Waals surface area contributed by atoms with Gasteiger partial charge in [0.1, 0.15) is 0 Å². The maximum Gasteiger partial charge on any atom is 0.416 e. The van der Waals surface area contributed by atoms with Crippen molar-refractivity contribution in [1.29, 1.82) is 0 Å². The predicted octanol–water partition coefficient (Wildman–Crippen LogP) is 5.57. The van der Waals surface area contributed by atoms with Crippen LogP contribution in [0.2, 0.25) is 5.02 Å². The molecule has 1 nitrogen and oxygen atoms in total. The second kappa shape index (κ2) is 4.35. The number of nitrogens with one attached hydrogen (secondary N) is 1. The summed E-state index contributed by atoms with van der Waals surface area (Å²) in [6.07, 6.45) is -4.33. The van der Waals surface area contributed by atoms with Gasteiger partial charge in [-0.05, 0) is 36.4 Å². The first kappa shape index (κ1) is 12.7. The molecule has 1 N–H and O–H groups in total. The van der Waals surface area contributed by atoms with Crippen molar-refractivity contribution in [3.63, 3.8) is 0 Å². The molecule has 2 aromatic carbocycles. The number of rotatable bonds is 0. The van der Waals surface area contributed by atoms with Crippen LogP contribution in [0.15, 0.2) is 46.2 Å². The van der Waals surface area contributed by atoms with Crippen LogP contribution < -0.4 is 5.32 Å². The molecule has 0 unspecified atom stereocenters. The van der Waals surface area contributed by atoms with Gasteiger partial charge in [0, 0.05) is 14.8 Å². The lowest BCUT2D eigenvalue weighted by molar-refractivity contribution is -0.137. The number of fused-ring (bicyclic) bond motifs is 2. The fourth-order valence-corrected chi connectivity index (χ4v) is 3.14. The van der Waals surface area contributed by atoms with Crippen LogP contribution in [0, 0.1) is 0 Å². The largest absolute Gasteiger partial charge is 0.416 e. The summed E-state index contributed by atoms with van der Waals surface area (Å²) in [4.78, 5) is 1.36. The molecule has 0 saturated heterocycles. The summed E-state index contributed by atoms with van der Waals surface area (Å²) < 4.78 is 38.0. The van der Waals surface area contributed by atoms with Crippen LogP contribution in [-0.2, 0) is 6.18 Å². The van der Waals surface area contributed by atoms with Crippen molar-refractivity contribution in [2.45, 2.75) is 16.0 Å². The van der Waals surface area contributed by atoms with E-state index < -0.39 is 11.7 Å². The Labute approximate surface area is 116 Å². The molecule has 0 saturated carbocycles. The second-order valence-electron chi connectivity index (χ2n) is 4.08. The lowest BCUT2D eigenvalue weighted by Gasteiger charge is -2.22. The van der Waals surface area contributed by atoms with E-state index in [9.17, 15) is 13.2 Å². The number of halogens is 4. The van der Waals surface area contributed by atoms with Gasteiger partial charge in [0.25, 0.3) is 0 Å². The lowest BCUT2D eigenvalue weighted by Crippen LogP contribution is -2.07. The zero-order valence-electron chi connectivity index (χ0n) is 9.38. The summed E-state index contributed by atoms with van der Waals surface area (Å²) >= 11 is 7.17. The van der Waals surface area contributed by atoms with Crippen molar-refractivity contribution >= 4 is 34.7 Å². The topological polar surface area (TPSA) is 12.0 Å². The Morgan fingerprint density at radius 1 is 0.947 bits per heavy atom. The molecule has 0 atom stereocenters. The van der Waals surface area contributed by atoms with E-state index in [-0.39, 0.29) is 0 Å². The molecule has 3 rings (SSSR count). The van der Waals surface area contributed by atoms with Crippen molar-refractivity contribution in [2.24, 2.45) is 0 Å². The third-order valence-corrected chi connectivity index (χ3v) is 4.09. The molecule has 0 bridgehead atoms. The SMILES string of the molecule is FC(F)(F)c1ccc2c(c1)Sc1cc(Cl)ccc1N2. The Morgan fingerprint density at radius 3 is 2.26 bits per heavy atom. The van der Waals surface area contributed by atoms with Crippen LogP contribution in [0.25, 0.3) is 0 Å². The van der Waals surface area contributed by atoms with Crippen molar-refractivity contribution in [2.75, 3.05) is 5.32 Å². The smallest absolute Gasteiger partial charge is 0.354 e. The Hall–Kier alpha value is -1.33. The number of hydrogen-bond acceptors (Lipinski definition) is 2. The highest BCUT2D eigenvalue weighted by Crippen LogP contribution is 2.46. The molecule has 1 aliphatic heterocycles. The molecule has 6 heteroatoms. The molecule has 19 heavy (non-hydrogen) atoms. The molecular formula is C13H7ClF3NS. The molecule has 1 heterocycles. The summed E-state index contributed by atoms with van der Waals surface area (Å²) in [5.41, 5.74) is 0.875. The van der Waals surface area contributed by atoms with E-state index in [4.69, 9.17) is 11.6 Å². The maximum atomic E-state index is 12.7. The highest BCUT2D eigenvalue weighted by Gasteiger charge is 2.31. The first-order valence-corrected chi connectivity index (χ1v) is 6.58. The molecule has 0 amide bonds. The van der Waals surface area contributed by atoms with Gasteiger partial charge >= 0.3 is 6.18 Å². The van der Waals surface area contributed by atoms with Crippen molar-refractivity contribution in [1.82, 2.24) is 0 Å². The Morgan fingerprint density at radius 2 is 1.58 bits per heavy atom. The van der Waals surface area contributed by atoms with Crippen molar-refractivity contribution < 1.29 is 13.2 Å². The number of anilines is 2. The second-order valence-corrected chi connectivity index (χ2v) is 5.60. The van der Waals surface area contributed by atoms with Gasteiger partial charge in [-0.2, -0.15) is 13.2 Å². The van der Waals surface area contributed by atoms with E-state index in [1.807, 2.05) is 6.07 Å². The first-order chi connectivity index (χ1) is 8.93. The predicted molar refractivity (Wildman–Crippen MR) is 70.3 cm³/mol. The number of hydrogen-bond donors (Lipinski definition) is 1. The molecule has 2 aromatic rings. The molecule has 0 spiro atoms. The van der Waals surface area contributed by atoms with Crippen molar-refractivity contribution in [3.8, 4) is 0 Å². The fourth-order valence-electron chi connectivity index (χ4n) is 1.83. The fraction of sp³-hybridized carbons (Fsp3) is 0.0769. The number of alkyl halides is 3. The zero-order valence-corrected chi connectivity index (χ0v) is 11.0. The Balaban J connectivity index is 2.03. The highest BCUT2D eigenvalue weighted by atomic mass is 35.5. The molecule has 0 fully saturated rings. The van der Waals surface area contributed by atoms with E-state index in [2.05, 4.69) is 5.32 Å². The summed E-state index contributed by atoms with van der Waals surface area (Å²) in [5.74, 6) is 0. The average Bonchev–Trinajstić information content (AvgIpc) is 2.34. The van der Waals surface area contributed by atoms with Gasteiger partial charge < -0.3 is 5.32 Å². The Kier molecular flexibility index (Phi) is 2.91. The van der Waals surface area contributed by atoms with Crippen LogP contribution in [0.1, 0.15) is 5.56 Å². The molecule has 0 aromatic heterocycles. The third kappa shape index (κ3) is 2.40. The molecule has 1 aliphatic rings. The summed E-state index contributed by atoms with van der Waals surface area (Å²) in [6, 6.07) is 8.96. The molecule has 0 aliphatic carbocycles. The summed E-state index contributed by atoms with van der Waals surface area (Å²) in [7, 11) is 0. The maximum absolute atomic E-state index is 12.7. The third-order valence-electron chi connectivity index (χ3n) is 2.74. The van der Waals surface area contributed by atoms with Gasteiger partial charge in [-0.25, -0.2) is 0 Å². The van der Waals surface area contributed by atoms with Crippen LogP contribution in [-0.4, -0.2) is 0 Å².